The molecule has 1 aromatic carbocycles. The van der Waals surface area contributed by atoms with Crippen molar-refractivity contribution < 1.29 is 13.9 Å². The Morgan fingerprint density at radius 2 is 2.25 bits per heavy atom. The largest absolute Gasteiger partial charge is 0.384 e. The average Bonchev–Trinajstić information content (AvgIpc) is 2.97. The highest BCUT2D eigenvalue weighted by Gasteiger charge is 2.30. The van der Waals surface area contributed by atoms with E-state index in [1.54, 1.807) is 19.2 Å². The number of ether oxygens (including phenoxy) is 1. The van der Waals surface area contributed by atoms with Gasteiger partial charge in [0, 0.05) is 38.5 Å². The van der Waals surface area contributed by atoms with Gasteiger partial charge in [-0.15, -0.1) is 0 Å². The number of hydrogen-bond acceptors (Lipinski definition) is 3. The smallest absolute Gasteiger partial charge is 0.227 e. The molecule has 2 heterocycles. The predicted octanol–water partition coefficient (Wildman–Crippen LogP) is 2.36. The number of halogens is 1. The van der Waals surface area contributed by atoms with E-state index < -0.39 is 0 Å². The molecule has 0 saturated heterocycles. The number of methoxy groups -OCH3 is 1. The number of nitrogens with zero attached hydrogens (tertiary/aromatic N) is 3. The Hall–Kier alpha value is -2.21. The van der Waals surface area contributed by atoms with E-state index >= 15 is 0 Å². The molecule has 24 heavy (non-hydrogen) atoms. The summed E-state index contributed by atoms with van der Waals surface area (Å²) in [6.45, 7) is 4.01. The Morgan fingerprint density at radius 3 is 3.00 bits per heavy atom. The summed E-state index contributed by atoms with van der Waals surface area (Å²) in [5, 5.41) is 0. The first-order valence-corrected chi connectivity index (χ1v) is 8.17. The summed E-state index contributed by atoms with van der Waals surface area (Å²) in [6.07, 6.45) is 2.89. The standard InChI is InChI=1S/C18H22FN3O2/c1-13-18-20-12-16(6-9-24-2)22(18)8-7-21(13)17(23)11-14-4-3-5-15(19)10-14/h3-5,10,12-13H,6-9,11H2,1-2H3/t13-/m1/s1. The molecule has 3 rings (SSSR count). The first kappa shape index (κ1) is 16.6. The molecule has 5 nitrogen and oxygen atoms in total. The van der Waals surface area contributed by atoms with E-state index in [1.807, 2.05) is 18.0 Å². The summed E-state index contributed by atoms with van der Waals surface area (Å²) in [7, 11) is 1.68. The minimum absolute atomic E-state index is 0.000733. The number of amides is 1. The van der Waals surface area contributed by atoms with Crippen LogP contribution >= 0.6 is 0 Å². The van der Waals surface area contributed by atoms with Crippen LogP contribution in [0.1, 0.15) is 30.0 Å². The zero-order valence-electron chi connectivity index (χ0n) is 14.0. The lowest BCUT2D eigenvalue weighted by molar-refractivity contribution is -0.133. The molecular weight excluding hydrogens is 309 g/mol. The number of fused-ring (bicyclic) bond motifs is 1. The number of rotatable bonds is 5. The molecular formula is C18H22FN3O2. The van der Waals surface area contributed by atoms with Crippen molar-refractivity contribution in [2.75, 3.05) is 20.3 Å². The SMILES string of the molecule is COCCc1cnc2n1CCN(C(=O)Cc1cccc(F)c1)[C@@H]2C. The summed E-state index contributed by atoms with van der Waals surface area (Å²) < 4.78 is 20.6. The van der Waals surface area contributed by atoms with Crippen molar-refractivity contribution in [3.63, 3.8) is 0 Å². The van der Waals surface area contributed by atoms with Gasteiger partial charge < -0.3 is 14.2 Å². The van der Waals surface area contributed by atoms with Crippen LogP contribution in [-0.4, -0.2) is 40.6 Å². The maximum Gasteiger partial charge on any atom is 0.227 e. The highest BCUT2D eigenvalue weighted by molar-refractivity contribution is 5.79. The molecule has 1 atom stereocenters. The quantitative estimate of drug-likeness (QED) is 0.845. The van der Waals surface area contributed by atoms with Crippen molar-refractivity contribution in [2.45, 2.75) is 32.4 Å². The fourth-order valence-electron chi connectivity index (χ4n) is 3.23. The number of imidazole rings is 1. The summed E-state index contributed by atoms with van der Waals surface area (Å²) in [4.78, 5) is 18.9. The van der Waals surface area contributed by atoms with Crippen LogP contribution in [0.25, 0.3) is 0 Å². The molecule has 0 unspecified atom stereocenters. The van der Waals surface area contributed by atoms with Gasteiger partial charge in [0.1, 0.15) is 11.6 Å². The van der Waals surface area contributed by atoms with Gasteiger partial charge in [0.15, 0.2) is 0 Å². The van der Waals surface area contributed by atoms with Crippen LogP contribution in [-0.2, 0) is 28.9 Å². The van der Waals surface area contributed by atoms with E-state index in [0.29, 0.717) is 18.7 Å². The van der Waals surface area contributed by atoms with Crippen molar-refractivity contribution >= 4 is 5.91 Å². The van der Waals surface area contributed by atoms with Crippen LogP contribution in [0.5, 0.6) is 0 Å². The van der Waals surface area contributed by atoms with E-state index in [0.717, 1.165) is 24.5 Å². The lowest BCUT2D eigenvalue weighted by Crippen LogP contribution is -2.42. The first-order valence-electron chi connectivity index (χ1n) is 8.17. The second-order valence-corrected chi connectivity index (χ2v) is 6.07. The van der Waals surface area contributed by atoms with Gasteiger partial charge >= 0.3 is 0 Å². The molecule has 0 N–H and O–H groups in total. The van der Waals surface area contributed by atoms with Crippen molar-refractivity contribution in [1.29, 1.82) is 0 Å². The Morgan fingerprint density at radius 1 is 1.42 bits per heavy atom. The van der Waals surface area contributed by atoms with Gasteiger partial charge in [0.25, 0.3) is 0 Å². The Labute approximate surface area is 141 Å². The van der Waals surface area contributed by atoms with Gasteiger partial charge in [0.2, 0.25) is 5.91 Å². The number of benzene rings is 1. The molecule has 1 aliphatic heterocycles. The van der Waals surface area contributed by atoms with Crippen molar-refractivity contribution in [3.8, 4) is 0 Å². The number of carbonyl (C=O) groups is 1. The highest BCUT2D eigenvalue weighted by atomic mass is 19.1. The molecule has 0 radical (unpaired) electrons. The van der Waals surface area contributed by atoms with Gasteiger partial charge in [0.05, 0.1) is 19.1 Å². The lowest BCUT2D eigenvalue weighted by atomic mass is 10.1. The number of hydrogen-bond donors (Lipinski definition) is 0. The van der Waals surface area contributed by atoms with Crippen LogP contribution < -0.4 is 0 Å². The fourth-order valence-corrected chi connectivity index (χ4v) is 3.23. The van der Waals surface area contributed by atoms with E-state index in [-0.39, 0.29) is 24.2 Å². The van der Waals surface area contributed by atoms with Gasteiger partial charge in [-0.05, 0) is 24.6 Å². The summed E-state index contributed by atoms with van der Waals surface area (Å²) in [5.74, 6) is 0.589. The number of aromatic nitrogens is 2. The minimum Gasteiger partial charge on any atom is -0.384 e. The molecule has 0 bridgehead atoms. The van der Waals surface area contributed by atoms with Gasteiger partial charge in [-0.2, -0.15) is 0 Å². The molecule has 0 fully saturated rings. The molecule has 1 aromatic heterocycles. The highest BCUT2D eigenvalue weighted by Crippen LogP contribution is 2.26. The third-order valence-electron chi connectivity index (χ3n) is 4.50. The average molecular weight is 331 g/mol. The zero-order chi connectivity index (χ0) is 17.1. The Bertz CT molecular complexity index is 729. The van der Waals surface area contributed by atoms with Crippen LogP contribution in [0.3, 0.4) is 0 Å². The third-order valence-corrected chi connectivity index (χ3v) is 4.50. The van der Waals surface area contributed by atoms with Crippen LogP contribution in [0.4, 0.5) is 4.39 Å². The van der Waals surface area contributed by atoms with E-state index in [4.69, 9.17) is 4.74 Å². The molecule has 6 heteroatoms. The van der Waals surface area contributed by atoms with Gasteiger partial charge in [-0.25, -0.2) is 9.37 Å². The molecule has 128 valence electrons. The molecule has 0 aliphatic carbocycles. The maximum atomic E-state index is 13.3. The normalized spacial score (nSPS) is 17.0. The van der Waals surface area contributed by atoms with Gasteiger partial charge in [-0.1, -0.05) is 12.1 Å². The zero-order valence-corrected chi connectivity index (χ0v) is 14.0. The second kappa shape index (κ2) is 7.13. The predicted molar refractivity (Wildman–Crippen MR) is 88.0 cm³/mol. The van der Waals surface area contributed by atoms with E-state index in [2.05, 4.69) is 9.55 Å². The summed E-state index contributed by atoms with van der Waals surface area (Å²) >= 11 is 0. The van der Waals surface area contributed by atoms with Crippen LogP contribution in [0.15, 0.2) is 30.5 Å². The first-order chi connectivity index (χ1) is 11.6. The minimum atomic E-state index is -0.315. The van der Waals surface area contributed by atoms with Gasteiger partial charge in [-0.3, -0.25) is 4.79 Å². The summed E-state index contributed by atoms with van der Waals surface area (Å²) in [6, 6.07) is 6.12. The van der Waals surface area contributed by atoms with Crippen molar-refractivity contribution in [3.05, 3.63) is 53.4 Å². The van der Waals surface area contributed by atoms with Crippen molar-refractivity contribution in [1.82, 2.24) is 14.5 Å². The topological polar surface area (TPSA) is 47.4 Å². The number of carbonyl (C=O) groups excluding carboxylic acids is 1. The van der Waals surface area contributed by atoms with Crippen LogP contribution in [0.2, 0.25) is 0 Å². The Kier molecular flexibility index (Phi) is 4.94. The van der Waals surface area contributed by atoms with E-state index in [9.17, 15) is 9.18 Å². The fraction of sp³-hybridized carbons (Fsp3) is 0.444. The second-order valence-electron chi connectivity index (χ2n) is 6.07. The van der Waals surface area contributed by atoms with E-state index in [1.165, 1.54) is 12.1 Å². The molecule has 1 aliphatic rings. The molecule has 1 amide bonds. The molecule has 0 saturated carbocycles. The monoisotopic (exact) mass is 331 g/mol. The Balaban J connectivity index is 1.72. The third kappa shape index (κ3) is 3.33. The van der Waals surface area contributed by atoms with Crippen LogP contribution in [0, 0.1) is 5.82 Å². The lowest BCUT2D eigenvalue weighted by Gasteiger charge is -2.34. The molecule has 2 aromatic rings. The maximum absolute atomic E-state index is 13.3. The van der Waals surface area contributed by atoms with Crippen molar-refractivity contribution in [2.24, 2.45) is 0 Å². The summed E-state index contributed by atoms with van der Waals surface area (Å²) in [5.41, 5.74) is 1.83. The molecule has 0 spiro atoms.